The topological polar surface area (TPSA) is 50.9 Å². The van der Waals surface area contributed by atoms with E-state index in [4.69, 9.17) is 5.73 Å². The largest absolute Gasteiger partial charge is 0.383 e. The van der Waals surface area contributed by atoms with Crippen LogP contribution in [0.25, 0.3) is 0 Å². The van der Waals surface area contributed by atoms with E-state index in [2.05, 4.69) is 39.2 Å². The highest BCUT2D eigenvalue weighted by Crippen LogP contribution is 2.32. The summed E-state index contributed by atoms with van der Waals surface area (Å²) in [6.45, 7) is 2.05. The Balaban J connectivity index is 2.56. The number of aryl methyl sites for hydroxylation is 1. The Labute approximate surface area is 116 Å². The number of rotatable bonds is 3. The summed E-state index contributed by atoms with van der Waals surface area (Å²) in [6, 6.07) is 10.1. The molecule has 0 radical (unpaired) electrons. The lowest BCUT2D eigenvalue weighted by atomic mass is 9.96. The maximum absolute atomic E-state index is 6.02. The summed E-state index contributed by atoms with van der Waals surface area (Å²) in [7, 11) is 1.93. The maximum Gasteiger partial charge on any atom is 0.128 e. The van der Waals surface area contributed by atoms with Crippen LogP contribution in [0.2, 0.25) is 0 Å². The number of nitrogens with zero attached hydrogens (tertiary/aromatic N) is 1. The molecule has 2 rings (SSSR count). The molecular weight excluding hydrogens is 290 g/mol. The van der Waals surface area contributed by atoms with E-state index in [1.165, 1.54) is 0 Å². The standard InChI is InChI=1S/C14H16BrN3/c1-9-7-8-18-14(16)12(9)13(17-2)10-5-3-4-6-11(10)15/h3-8,13,17H,1-2H3,(H2,16,18). The lowest BCUT2D eigenvalue weighted by Gasteiger charge is -2.21. The van der Waals surface area contributed by atoms with Gasteiger partial charge in [-0.2, -0.15) is 0 Å². The Kier molecular flexibility index (Phi) is 3.99. The van der Waals surface area contributed by atoms with Gasteiger partial charge in [0.2, 0.25) is 0 Å². The molecule has 0 amide bonds. The van der Waals surface area contributed by atoms with Crippen molar-refractivity contribution < 1.29 is 0 Å². The van der Waals surface area contributed by atoms with Gasteiger partial charge in [-0.25, -0.2) is 4.98 Å². The summed E-state index contributed by atoms with van der Waals surface area (Å²) < 4.78 is 1.06. The summed E-state index contributed by atoms with van der Waals surface area (Å²) in [5, 5.41) is 3.31. The zero-order valence-corrected chi connectivity index (χ0v) is 12.0. The molecule has 0 saturated carbocycles. The molecule has 0 aliphatic rings. The normalized spacial score (nSPS) is 12.4. The number of benzene rings is 1. The third-order valence-corrected chi connectivity index (χ3v) is 3.75. The fraction of sp³-hybridized carbons (Fsp3) is 0.214. The minimum atomic E-state index is 0.0364. The molecule has 1 aromatic heterocycles. The summed E-state index contributed by atoms with van der Waals surface area (Å²) in [5.41, 5.74) is 9.35. The molecule has 1 heterocycles. The van der Waals surface area contributed by atoms with E-state index >= 15 is 0 Å². The molecule has 0 spiro atoms. The molecule has 0 aliphatic heterocycles. The second kappa shape index (κ2) is 5.50. The Morgan fingerprint density at radius 1 is 1.28 bits per heavy atom. The van der Waals surface area contributed by atoms with Gasteiger partial charge in [-0.1, -0.05) is 34.1 Å². The highest BCUT2D eigenvalue weighted by Gasteiger charge is 2.19. The van der Waals surface area contributed by atoms with Gasteiger partial charge in [-0.15, -0.1) is 0 Å². The van der Waals surface area contributed by atoms with E-state index < -0.39 is 0 Å². The van der Waals surface area contributed by atoms with E-state index in [-0.39, 0.29) is 6.04 Å². The van der Waals surface area contributed by atoms with Crippen LogP contribution in [0.15, 0.2) is 41.0 Å². The second-order valence-corrected chi connectivity index (χ2v) is 5.02. The maximum atomic E-state index is 6.02. The van der Waals surface area contributed by atoms with Crippen LogP contribution in [0.4, 0.5) is 5.82 Å². The number of halogens is 1. The Bertz CT molecular complexity index is 534. The summed E-state index contributed by atoms with van der Waals surface area (Å²) in [4.78, 5) is 4.19. The molecule has 2 aromatic rings. The quantitative estimate of drug-likeness (QED) is 0.916. The lowest BCUT2D eigenvalue weighted by Crippen LogP contribution is -2.21. The molecule has 0 bridgehead atoms. The lowest BCUT2D eigenvalue weighted by molar-refractivity contribution is 0.684. The average Bonchev–Trinajstić information content (AvgIpc) is 2.35. The first kappa shape index (κ1) is 13.1. The molecular formula is C14H16BrN3. The smallest absolute Gasteiger partial charge is 0.128 e. The minimum Gasteiger partial charge on any atom is -0.383 e. The SMILES string of the molecule is CNC(c1ccccc1Br)c1c(C)ccnc1N. The molecule has 94 valence electrons. The molecule has 1 aromatic carbocycles. The fourth-order valence-electron chi connectivity index (χ4n) is 2.13. The van der Waals surface area contributed by atoms with Crippen molar-refractivity contribution in [1.29, 1.82) is 0 Å². The summed E-state index contributed by atoms with van der Waals surface area (Å²) in [5.74, 6) is 0.574. The predicted molar refractivity (Wildman–Crippen MR) is 78.4 cm³/mol. The zero-order valence-electron chi connectivity index (χ0n) is 10.4. The molecule has 3 N–H and O–H groups in total. The van der Waals surface area contributed by atoms with Crippen LogP contribution in [0, 0.1) is 6.92 Å². The number of nitrogen functional groups attached to an aromatic ring is 1. The van der Waals surface area contributed by atoms with Gasteiger partial charge in [0.1, 0.15) is 5.82 Å². The number of anilines is 1. The Morgan fingerprint density at radius 2 is 2.00 bits per heavy atom. The van der Waals surface area contributed by atoms with Crippen LogP contribution >= 0.6 is 15.9 Å². The summed E-state index contributed by atoms with van der Waals surface area (Å²) >= 11 is 3.58. The van der Waals surface area contributed by atoms with Gasteiger partial charge in [0, 0.05) is 16.2 Å². The van der Waals surface area contributed by atoms with Crippen molar-refractivity contribution in [3.8, 4) is 0 Å². The first-order chi connectivity index (χ1) is 8.65. The zero-order chi connectivity index (χ0) is 13.1. The van der Waals surface area contributed by atoms with Crippen LogP contribution in [-0.4, -0.2) is 12.0 Å². The number of pyridine rings is 1. The van der Waals surface area contributed by atoms with Gasteiger partial charge in [0.05, 0.1) is 6.04 Å². The molecule has 18 heavy (non-hydrogen) atoms. The van der Waals surface area contributed by atoms with Gasteiger partial charge < -0.3 is 11.1 Å². The first-order valence-electron chi connectivity index (χ1n) is 5.77. The number of aromatic nitrogens is 1. The number of hydrogen-bond donors (Lipinski definition) is 2. The number of nitrogens with one attached hydrogen (secondary N) is 1. The van der Waals surface area contributed by atoms with E-state index in [1.807, 2.05) is 31.3 Å². The average molecular weight is 306 g/mol. The fourth-order valence-corrected chi connectivity index (χ4v) is 2.64. The van der Waals surface area contributed by atoms with E-state index in [9.17, 15) is 0 Å². The van der Waals surface area contributed by atoms with Crippen molar-refractivity contribution in [1.82, 2.24) is 10.3 Å². The highest BCUT2D eigenvalue weighted by molar-refractivity contribution is 9.10. The third kappa shape index (κ3) is 2.40. The molecule has 4 heteroatoms. The molecule has 1 unspecified atom stereocenters. The number of nitrogens with two attached hydrogens (primary N) is 1. The number of hydrogen-bond acceptors (Lipinski definition) is 3. The third-order valence-electron chi connectivity index (χ3n) is 3.03. The Morgan fingerprint density at radius 3 is 2.61 bits per heavy atom. The van der Waals surface area contributed by atoms with Crippen LogP contribution in [0.3, 0.4) is 0 Å². The van der Waals surface area contributed by atoms with Crippen molar-refractivity contribution in [2.75, 3.05) is 12.8 Å². The molecule has 3 nitrogen and oxygen atoms in total. The Hall–Kier alpha value is -1.39. The van der Waals surface area contributed by atoms with Crippen molar-refractivity contribution in [2.45, 2.75) is 13.0 Å². The van der Waals surface area contributed by atoms with Crippen molar-refractivity contribution in [3.63, 3.8) is 0 Å². The predicted octanol–water partition coefficient (Wildman–Crippen LogP) is 3.04. The molecule has 1 atom stereocenters. The van der Waals surface area contributed by atoms with E-state index in [0.717, 1.165) is 21.2 Å². The molecule has 0 saturated heterocycles. The minimum absolute atomic E-state index is 0.0364. The van der Waals surface area contributed by atoms with Gasteiger partial charge in [-0.05, 0) is 37.2 Å². The van der Waals surface area contributed by atoms with Crippen LogP contribution in [-0.2, 0) is 0 Å². The van der Waals surface area contributed by atoms with Crippen molar-refractivity contribution in [2.24, 2.45) is 0 Å². The van der Waals surface area contributed by atoms with Gasteiger partial charge >= 0.3 is 0 Å². The van der Waals surface area contributed by atoms with E-state index in [0.29, 0.717) is 5.82 Å². The second-order valence-electron chi connectivity index (χ2n) is 4.17. The van der Waals surface area contributed by atoms with Gasteiger partial charge in [0.25, 0.3) is 0 Å². The monoisotopic (exact) mass is 305 g/mol. The van der Waals surface area contributed by atoms with E-state index in [1.54, 1.807) is 6.20 Å². The molecule has 0 fully saturated rings. The van der Waals surface area contributed by atoms with Gasteiger partial charge in [-0.3, -0.25) is 0 Å². The van der Waals surface area contributed by atoms with Crippen molar-refractivity contribution in [3.05, 3.63) is 57.7 Å². The van der Waals surface area contributed by atoms with Crippen LogP contribution in [0.5, 0.6) is 0 Å². The van der Waals surface area contributed by atoms with Crippen LogP contribution in [0.1, 0.15) is 22.7 Å². The van der Waals surface area contributed by atoms with Gasteiger partial charge in [0.15, 0.2) is 0 Å². The molecule has 0 aliphatic carbocycles. The van der Waals surface area contributed by atoms with Crippen molar-refractivity contribution >= 4 is 21.7 Å². The van der Waals surface area contributed by atoms with Crippen LogP contribution < -0.4 is 11.1 Å². The highest BCUT2D eigenvalue weighted by atomic mass is 79.9. The first-order valence-corrected chi connectivity index (χ1v) is 6.57. The summed E-state index contributed by atoms with van der Waals surface area (Å²) in [6.07, 6.45) is 1.74.